The zero-order chi connectivity index (χ0) is 14.5. The molecule has 1 saturated heterocycles. The highest BCUT2D eigenvalue weighted by Gasteiger charge is 2.13. The summed E-state index contributed by atoms with van der Waals surface area (Å²) >= 11 is 0. The third-order valence-electron chi connectivity index (χ3n) is 3.95. The molecule has 1 aromatic heterocycles. The van der Waals surface area contributed by atoms with Gasteiger partial charge in [-0.1, -0.05) is 17.3 Å². The summed E-state index contributed by atoms with van der Waals surface area (Å²) in [6.07, 6.45) is 3.91. The number of nitrogens with one attached hydrogen (secondary N) is 1. The smallest absolute Gasteiger partial charge is 0.226 e. The topological polar surface area (TPSA) is 58.4 Å². The molecule has 0 bridgehead atoms. The van der Waals surface area contributed by atoms with Gasteiger partial charge in [-0.2, -0.15) is 0 Å². The molecule has 1 aliphatic heterocycles. The maximum absolute atomic E-state index is 11.9. The normalized spacial score (nSPS) is 15.6. The molecule has 1 fully saturated rings. The van der Waals surface area contributed by atoms with Crippen molar-refractivity contribution in [1.82, 2.24) is 15.4 Å². The van der Waals surface area contributed by atoms with Gasteiger partial charge in [0.2, 0.25) is 5.91 Å². The van der Waals surface area contributed by atoms with E-state index in [2.05, 4.69) is 15.4 Å². The summed E-state index contributed by atoms with van der Waals surface area (Å²) in [5, 5.41) is 7.87. The van der Waals surface area contributed by atoms with Gasteiger partial charge in [0.15, 0.2) is 5.58 Å². The minimum absolute atomic E-state index is 0.00970. The number of carbonyl (C=O) groups excluding carboxylic acids is 1. The summed E-state index contributed by atoms with van der Waals surface area (Å²) in [6.45, 7) is 4.22. The van der Waals surface area contributed by atoms with Crippen molar-refractivity contribution in [3.8, 4) is 0 Å². The number of aromatic nitrogens is 1. The predicted molar refractivity (Wildman–Crippen MR) is 81.0 cm³/mol. The molecule has 1 aliphatic rings. The van der Waals surface area contributed by atoms with Crippen molar-refractivity contribution in [3.63, 3.8) is 0 Å². The molecule has 5 heteroatoms. The molecule has 1 amide bonds. The van der Waals surface area contributed by atoms with Crippen molar-refractivity contribution in [1.29, 1.82) is 0 Å². The lowest BCUT2D eigenvalue weighted by Gasteiger charge is -2.14. The van der Waals surface area contributed by atoms with Crippen LogP contribution >= 0.6 is 0 Å². The average Bonchev–Trinajstić information content (AvgIpc) is 3.14. The molecule has 0 atom stereocenters. The monoisotopic (exact) mass is 287 g/mol. The fourth-order valence-corrected chi connectivity index (χ4v) is 2.82. The van der Waals surface area contributed by atoms with Crippen LogP contribution in [0.5, 0.6) is 0 Å². The molecule has 0 aliphatic carbocycles. The van der Waals surface area contributed by atoms with Crippen molar-refractivity contribution in [2.45, 2.75) is 25.7 Å². The second-order valence-electron chi connectivity index (χ2n) is 5.55. The Hall–Kier alpha value is -1.88. The van der Waals surface area contributed by atoms with Crippen LogP contribution < -0.4 is 5.32 Å². The van der Waals surface area contributed by atoms with Crippen LogP contribution in [0, 0.1) is 0 Å². The van der Waals surface area contributed by atoms with Crippen molar-refractivity contribution in [3.05, 3.63) is 30.0 Å². The Kier molecular flexibility index (Phi) is 4.50. The van der Waals surface area contributed by atoms with E-state index in [0.717, 1.165) is 30.5 Å². The van der Waals surface area contributed by atoms with E-state index in [4.69, 9.17) is 4.52 Å². The molecule has 1 aromatic carbocycles. The third-order valence-corrected chi connectivity index (χ3v) is 3.95. The molecule has 2 heterocycles. The third kappa shape index (κ3) is 3.61. The summed E-state index contributed by atoms with van der Waals surface area (Å²) in [5.41, 5.74) is 1.44. The van der Waals surface area contributed by atoms with Gasteiger partial charge in [0, 0.05) is 11.9 Å². The molecule has 112 valence electrons. The van der Waals surface area contributed by atoms with Gasteiger partial charge in [0.25, 0.3) is 0 Å². The highest BCUT2D eigenvalue weighted by Crippen LogP contribution is 2.17. The second kappa shape index (κ2) is 6.72. The lowest BCUT2D eigenvalue weighted by Crippen LogP contribution is -2.29. The van der Waals surface area contributed by atoms with Gasteiger partial charge in [-0.05, 0) is 51.0 Å². The number of para-hydroxylation sites is 1. The number of carbonyl (C=O) groups is 1. The van der Waals surface area contributed by atoms with Gasteiger partial charge in [0.1, 0.15) is 5.69 Å². The number of nitrogens with zero attached hydrogens (tertiary/aromatic N) is 2. The van der Waals surface area contributed by atoms with E-state index in [0.29, 0.717) is 5.69 Å². The van der Waals surface area contributed by atoms with Gasteiger partial charge in [-0.25, -0.2) is 0 Å². The highest BCUT2D eigenvalue weighted by atomic mass is 16.5. The van der Waals surface area contributed by atoms with Gasteiger partial charge >= 0.3 is 0 Å². The molecule has 5 nitrogen and oxygen atoms in total. The summed E-state index contributed by atoms with van der Waals surface area (Å²) in [6, 6.07) is 7.62. The first kappa shape index (κ1) is 14.1. The Morgan fingerprint density at radius 2 is 2.10 bits per heavy atom. The van der Waals surface area contributed by atoms with E-state index in [1.165, 1.54) is 25.9 Å². The van der Waals surface area contributed by atoms with Gasteiger partial charge in [-0.3, -0.25) is 4.79 Å². The molecule has 21 heavy (non-hydrogen) atoms. The Morgan fingerprint density at radius 1 is 1.29 bits per heavy atom. The number of amides is 1. The van der Waals surface area contributed by atoms with Crippen LogP contribution in [0.25, 0.3) is 11.0 Å². The van der Waals surface area contributed by atoms with Crippen LogP contribution in [0.2, 0.25) is 0 Å². The fourth-order valence-electron chi connectivity index (χ4n) is 2.82. The first-order valence-corrected chi connectivity index (χ1v) is 7.65. The molecule has 0 saturated carbocycles. The number of hydrogen-bond acceptors (Lipinski definition) is 4. The zero-order valence-electron chi connectivity index (χ0n) is 12.2. The van der Waals surface area contributed by atoms with E-state index in [9.17, 15) is 4.79 Å². The summed E-state index contributed by atoms with van der Waals surface area (Å²) < 4.78 is 5.21. The number of benzene rings is 1. The number of hydrogen-bond donors (Lipinski definition) is 1. The van der Waals surface area contributed by atoms with Crippen LogP contribution in [0.4, 0.5) is 0 Å². The van der Waals surface area contributed by atoms with E-state index >= 15 is 0 Å². The molecular weight excluding hydrogens is 266 g/mol. The first-order chi connectivity index (χ1) is 10.3. The van der Waals surface area contributed by atoms with E-state index in [1.54, 1.807) is 0 Å². The van der Waals surface area contributed by atoms with Gasteiger partial charge < -0.3 is 14.7 Å². The Bertz CT molecular complexity index is 602. The molecule has 0 spiro atoms. The van der Waals surface area contributed by atoms with Crippen molar-refractivity contribution >= 4 is 16.9 Å². The Balaban J connectivity index is 1.43. The lowest BCUT2D eigenvalue weighted by molar-refractivity contribution is -0.120. The summed E-state index contributed by atoms with van der Waals surface area (Å²) in [7, 11) is 0. The quantitative estimate of drug-likeness (QED) is 0.825. The standard InChI is InChI=1S/C16H21N3O2/c20-16(17-8-5-11-19-9-3-4-10-19)12-14-13-6-1-2-7-15(13)21-18-14/h1-2,6-7H,3-5,8-12H2,(H,17,20). The van der Waals surface area contributed by atoms with Crippen LogP contribution in [0.15, 0.2) is 28.8 Å². The molecule has 1 N–H and O–H groups in total. The SMILES string of the molecule is O=C(Cc1noc2ccccc12)NCCCN1CCCC1. The fraction of sp³-hybridized carbons (Fsp3) is 0.500. The highest BCUT2D eigenvalue weighted by molar-refractivity contribution is 5.86. The minimum Gasteiger partial charge on any atom is -0.356 e. The molecule has 3 rings (SSSR count). The molecular formula is C16H21N3O2. The molecule has 0 radical (unpaired) electrons. The van der Waals surface area contributed by atoms with Crippen LogP contribution in [0.1, 0.15) is 25.0 Å². The van der Waals surface area contributed by atoms with E-state index in [1.807, 2.05) is 24.3 Å². The molecule has 2 aromatic rings. The van der Waals surface area contributed by atoms with Crippen LogP contribution in [0.3, 0.4) is 0 Å². The Labute approximate surface area is 124 Å². The summed E-state index contributed by atoms with van der Waals surface area (Å²) in [5.74, 6) is 0.00970. The second-order valence-corrected chi connectivity index (χ2v) is 5.55. The maximum Gasteiger partial charge on any atom is 0.226 e. The molecule has 0 unspecified atom stereocenters. The van der Waals surface area contributed by atoms with Crippen molar-refractivity contribution in [2.24, 2.45) is 0 Å². The van der Waals surface area contributed by atoms with Gasteiger partial charge in [-0.15, -0.1) is 0 Å². The largest absolute Gasteiger partial charge is 0.356 e. The van der Waals surface area contributed by atoms with E-state index in [-0.39, 0.29) is 12.3 Å². The van der Waals surface area contributed by atoms with Crippen LogP contribution in [-0.2, 0) is 11.2 Å². The zero-order valence-corrected chi connectivity index (χ0v) is 12.2. The van der Waals surface area contributed by atoms with E-state index < -0.39 is 0 Å². The number of rotatable bonds is 6. The predicted octanol–water partition coefficient (Wildman–Crippen LogP) is 1.97. The van der Waals surface area contributed by atoms with Crippen molar-refractivity contribution in [2.75, 3.05) is 26.2 Å². The van der Waals surface area contributed by atoms with Crippen LogP contribution in [-0.4, -0.2) is 42.1 Å². The van der Waals surface area contributed by atoms with Crippen molar-refractivity contribution < 1.29 is 9.32 Å². The number of likely N-dealkylation sites (tertiary alicyclic amines) is 1. The average molecular weight is 287 g/mol. The summed E-state index contributed by atoms with van der Waals surface area (Å²) in [4.78, 5) is 14.4. The maximum atomic E-state index is 11.9. The number of fused-ring (bicyclic) bond motifs is 1. The Morgan fingerprint density at radius 3 is 2.95 bits per heavy atom. The lowest BCUT2D eigenvalue weighted by atomic mass is 10.1. The minimum atomic E-state index is 0.00970. The van der Waals surface area contributed by atoms with Gasteiger partial charge in [0.05, 0.1) is 6.42 Å². The first-order valence-electron chi connectivity index (χ1n) is 7.65.